The number of amides is 1. The van der Waals surface area contributed by atoms with Crippen molar-refractivity contribution >= 4 is 17.3 Å². The number of carbonyl (C=O) groups excluding carboxylic acids is 1. The Balaban J connectivity index is 1.87. The van der Waals surface area contributed by atoms with Gasteiger partial charge in [-0.2, -0.15) is 0 Å². The number of anilines is 2. The molecule has 0 saturated heterocycles. The predicted octanol–water partition coefficient (Wildman–Crippen LogP) is 3.70. The first-order valence-electron chi connectivity index (χ1n) is 7.33. The number of hydrogen-bond acceptors (Lipinski definition) is 2. The standard InChI is InChI=1S/C16H22N2O/c1-3-12-6-8-16(9-7-12)15(19)17-13-5-4-11(2)10-14(13)18-16/h4-5,10,12,18H,3,6-9H2,1-2H3,(H,17,19). The van der Waals surface area contributed by atoms with Gasteiger partial charge in [-0.3, -0.25) is 4.79 Å². The molecule has 1 saturated carbocycles. The summed E-state index contributed by atoms with van der Waals surface area (Å²) in [5.74, 6) is 0.942. The van der Waals surface area contributed by atoms with Gasteiger partial charge in [-0.25, -0.2) is 0 Å². The Bertz CT molecular complexity index is 501. The Labute approximate surface area is 114 Å². The summed E-state index contributed by atoms with van der Waals surface area (Å²) in [6.07, 6.45) is 5.43. The third-order valence-corrected chi connectivity index (χ3v) is 4.77. The number of hydrogen-bond donors (Lipinski definition) is 2. The van der Waals surface area contributed by atoms with Crippen LogP contribution in [0.3, 0.4) is 0 Å². The molecule has 1 aromatic carbocycles. The van der Waals surface area contributed by atoms with Gasteiger partial charge in [0, 0.05) is 0 Å². The molecule has 0 aromatic heterocycles. The van der Waals surface area contributed by atoms with E-state index in [0.717, 1.165) is 43.0 Å². The van der Waals surface area contributed by atoms with Gasteiger partial charge in [0.25, 0.3) is 0 Å². The van der Waals surface area contributed by atoms with Crippen LogP contribution in [0, 0.1) is 12.8 Å². The summed E-state index contributed by atoms with van der Waals surface area (Å²) >= 11 is 0. The van der Waals surface area contributed by atoms with Crippen LogP contribution in [-0.2, 0) is 4.79 Å². The van der Waals surface area contributed by atoms with E-state index in [9.17, 15) is 4.79 Å². The predicted molar refractivity (Wildman–Crippen MR) is 78.4 cm³/mol. The van der Waals surface area contributed by atoms with Crippen LogP contribution in [0.1, 0.15) is 44.6 Å². The zero-order chi connectivity index (χ0) is 13.5. The molecular formula is C16H22N2O. The minimum atomic E-state index is -0.369. The molecule has 1 fully saturated rings. The zero-order valence-corrected chi connectivity index (χ0v) is 11.8. The third-order valence-electron chi connectivity index (χ3n) is 4.77. The molecule has 1 heterocycles. The molecule has 1 aliphatic carbocycles. The minimum Gasteiger partial charge on any atom is -0.370 e. The highest BCUT2D eigenvalue weighted by Crippen LogP contribution is 2.41. The van der Waals surface area contributed by atoms with Gasteiger partial charge in [0.2, 0.25) is 5.91 Å². The fourth-order valence-electron chi connectivity index (χ4n) is 3.36. The first kappa shape index (κ1) is 12.5. The van der Waals surface area contributed by atoms with Crippen molar-refractivity contribution in [2.24, 2.45) is 5.92 Å². The number of aryl methyl sites for hydroxylation is 1. The molecule has 0 atom stereocenters. The number of rotatable bonds is 1. The molecule has 1 aliphatic heterocycles. The molecule has 19 heavy (non-hydrogen) atoms. The lowest BCUT2D eigenvalue weighted by Gasteiger charge is -2.43. The van der Waals surface area contributed by atoms with Crippen molar-refractivity contribution in [1.82, 2.24) is 0 Å². The van der Waals surface area contributed by atoms with Gasteiger partial charge in [-0.1, -0.05) is 19.4 Å². The fourth-order valence-corrected chi connectivity index (χ4v) is 3.36. The van der Waals surface area contributed by atoms with Crippen molar-refractivity contribution < 1.29 is 4.79 Å². The summed E-state index contributed by atoms with van der Waals surface area (Å²) in [6.45, 7) is 4.33. The summed E-state index contributed by atoms with van der Waals surface area (Å²) in [5.41, 5.74) is 2.85. The van der Waals surface area contributed by atoms with Gasteiger partial charge < -0.3 is 10.6 Å². The summed E-state index contributed by atoms with van der Waals surface area (Å²) in [5, 5.41) is 6.61. The quantitative estimate of drug-likeness (QED) is 0.806. The molecule has 2 N–H and O–H groups in total. The third kappa shape index (κ3) is 2.11. The van der Waals surface area contributed by atoms with E-state index in [1.807, 2.05) is 12.1 Å². The summed E-state index contributed by atoms with van der Waals surface area (Å²) in [7, 11) is 0. The number of nitrogens with one attached hydrogen (secondary N) is 2. The molecular weight excluding hydrogens is 236 g/mol. The smallest absolute Gasteiger partial charge is 0.250 e. The van der Waals surface area contributed by atoms with E-state index in [-0.39, 0.29) is 11.4 Å². The van der Waals surface area contributed by atoms with Gasteiger partial charge in [-0.05, 0) is 56.2 Å². The largest absolute Gasteiger partial charge is 0.370 e. The van der Waals surface area contributed by atoms with Crippen molar-refractivity contribution in [3.63, 3.8) is 0 Å². The van der Waals surface area contributed by atoms with E-state index in [2.05, 4.69) is 30.5 Å². The second-order valence-electron chi connectivity index (χ2n) is 6.06. The first-order chi connectivity index (χ1) is 9.13. The van der Waals surface area contributed by atoms with Gasteiger partial charge >= 0.3 is 0 Å². The second-order valence-corrected chi connectivity index (χ2v) is 6.06. The lowest BCUT2D eigenvalue weighted by atomic mass is 9.74. The lowest BCUT2D eigenvalue weighted by Crippen LogP contribution is -2.54. The van der Waals surface area contributed by atoms with Crippen LogP contribution >= 0.6 is 0 Å². The molecule has 3 nitrogen and oxygen atoms in total. The van der Waals surface area contributed by atoms with E-state index < -0.39 is 0 Å². The highest BCUT2D eigenvalue weighted by atomic mass is 16.2. The molecule has 3 heteroatoms. The normalized spacial score (nSPS) is 29.6. The Morgan fingerprint density at radius 1 is 1.26 bits per heavy atom. The Kier molecular flexibility index (Phi) is 3.00. The van der Waals surface area contributed by atoms with Crippen molar-refractivity contribution in [3.8, 4) is 0 Å². The van der Waals surface area contributed by atoms with E-state index in [1.165, 1.54) is 12.0 Å². The number of benzene rings is 1. The average Bonchev–Trinajstić information content (AvgIpc) is 2.41. The van der Waals surface area contributed by atoms with Crippen molar-refractivity contribution in [2.75, 3.05) is 10.6 Å². The van der Waals surface area contributed by atoms with Crippen molar-refractivity contribution in [3.05, 3.63) is 23.8 Å². The van der Waals surface area contributed by atoms with Crippen molar-refractivity contribution in [2.45, 2.75) is 51.5 Å². The van der Waals surface area contributed by atoms with Gasteiger partial charge in [-0.15, -0.1) is 0 Å². The van der Waals surface area contributed by atoms with Crippen LogP contribution in [0.2, 0.25) is 0 Å². The average molecular weight is 258 g/mol. The van der Waals surface area contributed by atoms with Crippen LogP contribution in [0.15, 0.2) is 18.2 Å². The highest BCUT2D eigenvalue weighted by Gasteiger charge is 2.44. The molecule has 0 bridgehead atoms. The van der Waals surface area contributed by atoms with E-state index in [4.69, 9.17) is 0 Å². The number of carbonyl (C=O) groups is 1. The Hall–Kier alpha value is -1.51. The molecule has 1 amide bonds. The maximum Gasteiger partial charge on any atom is 0.250 e. The molecule has 3 rings (SSSR count). The highest BCUT2D eigenvalue weighted by molar-refractivity contribution is 6.06. The molecule has 0 unspecified atom stereocenters. The Morgan fingerprint density at radius 2 is 2.00 bits per heavy atom. The van der Waals surface area contributed by atoms with Crippen LogP contribution < -0.4 is 10.6 Å². The van der Waals surface area contributed by atoms with E-state index in [0.29, 0.717) is 0 Å². The van der Waals surface area contributed by atoms with E-state index >= 15 is 0 Å². The fraction of sp³-hybridized carbons (Fsp3) is 0.562. The molecule has 1 aromatic rings. The van der Waals surface area contributed by atoms with Crippen LogP contribution in [0.25, 0.3) is 0 Å². The topological polar surface area (TPSA) is 41.1 Å². The van der Waals surface area contributed by atoms with Crippen LogP contribution in [0.5, 0.6) is 0 Å². The molecule has 2 aliphatic rings. The number of fused-ring (bicyclic) bond motifs is 1. The monoisotopic (exact) mass is 258 g/mol. The van der Waals surface area contributed by atoms with Crippen molar-refractivity contribution in [1.29, 1.82) is 0 Å². The zero-order valence-electron chi connectivity index (χ0n) is 11.8. The SMILES string of the molecule is CCC1CCC2(CC1)Nc1cc(C)ccc1NC2=O. The second kappa shape index (κ2) is 4.55. The van der Waals surface area contributed by atoms with Gasteiger partial charge in [0.1, 0.15) is 5.54 Å². The lowest BCUT2D eigenvalue weighted by molar-refractivity contribution is -0.121. The molecule has 1 spiro atoms. The minimum absolute atomic E-state index is 0.151. The van der Waals surface area contributed by atoms with Crippen LogP contribution in [-0.4, -0.2) is 11.4 Å². The maximum absolute atomic E-state index is 12.4. The molecule has 0 radical (unpaired) electrons. The molecule has 102 valence electrons. The summed E-state index contributed by atoms with van der Waals surface area (Å²) < 4.78 is 0. The van der Waals surface area contributed by atoms with Crippen LogP contribution in [0.4, 0.5) is 11.4 Å². The van der Waals surface area contributed by atoms with Gasteiger partial charge in [0.05, 0.1) is 11.4 Å². The van der Waals surface area contributed by atoms with Gasteiger partial charge in [0.15, 0.2) is 0 Å². The summed E-state index contributed by atoms with van der Waals surface area (Å²) in [6, 6.07) is 6.15. The first-order valence-corrected chi connectivity index (χ1v) is 7.33. The van der Waals surface area contributed by atoms with E-state index in [1.54, 1.807) is 0 Å². The summed E-state index contributed by atoms with van der Waals surface area (Å²) in [4.78, 5) is 12.4. The Morgan fingerprint density at radius 3 is 2.68 bits per heavy atom. The maximum atomic E-state index is 12.4.